The summed E-state index contributed by atoms with van der Waals surface area (Å²) in [4.78, 5) is 41.3. The molecule has 1 N–H and O–H groups in total. The van der Waals surface area contributed by atoms with E-state index in [0.717, 1.165) is 16.7 Å². The summed E-state index contributed by atoms with van der Waals surface area (Å²) in [5, 5.41) is 3.31. The molecule has 2 fully saturated rings. The predicted octanol–water partition coefficient (Wildman–Crippen LogP) is 3.08. The Hall–Kier alpha value is -2.99. The Morgan fingerprint density at radius 1 is 1.07 bits per heavy atom. The molecule has 0 radical (unpaired) electrons. The Kier molecular flexibility index (Phi) is 4.98. The molecule has 0 saturated carbocycles. The van der Waals surface area contributed by atoms with Crippen LogP contribution < -0.4 is 10.2 Å². The quantitative estimate of drug-likeness (QED) is 0.624. The maximum Gasteiger partial charge on any atom is 0.326 e. The fourth-order valence-corrected chi connectivity index (χ4v) is 4.76. The molecule has 4 atom stereocenters. The van der Waals surface area contributed by atoms with Gasteiger partial charge in [0.1, 0.15) is 5.54 Å². The largest absolute Gasteiger partial charge is 0.465 e. The van der Waals surface area contributed by atoms with Crippen molar-refractivity contribution in [2.75, 3.05) is 11.5 Å². The molecule has 2 aromatic carbocycles. The van der Waals surface area contributed by atoms with Crippen LogP contribution in [0.15, 0.2) is 48.5 Å². The molecule has 0 aliphatic carbocycles. The van der Waals surface area contributed by atoms with E-state index in [1.54, 1.807) is 26.0 Å². The van der Waals surface area contributed by atoms with Gasteiger partial charge in [-0.2, -0.15) is 0 Å². The summed E-state index contributed by atoms with van der Waals surface area (Å²) in [7, 11) is 0. The number of fused-ring (bicyclic) bond motifs is 1. The van der Waals surface area contributed by atoms with Crippen molar-refractivity contribution >= 4 is 23.5 Å². The van der Waals surface area contributed by atoms with Gasteiger partial charge in [0.05, 0.1) is 24.1 Å². The summed E-state index contributed by atoms with van der Waals surface area (Å²) in [6.45, 7) is 7.51. The van der Waals surface area contributed by atoms with Gasteiger partial charge in [-0.05, 0) is 51.0 Å². The SMILES string of the molecule is CCOC(=O)C1(C)NC(c2ccccc2C)C2C(=O)N(c3ccc(C)cc3)C(=O)C21. The number of benzene rings is 2. The molecule has 4 unspecified atom stereocenters. The van der Waals surface area contributed by atoms with Gasteiger partial charge in [-0.1, -0.05) is 42.0 Å². The maximum absolute atomic E-state index is 13.6. The van der Waals surface area contributed by atoms with Gasteiger partial charge >= 0.3 is 5.97 Å². The molecule has 2 saturated heterocycles. The smallest absolute Gasteiger partial charge is 0.326 e. The number of amides is 2. The van der Waals surface area contributed by atoms with Crippen molar-refractivity contribution in [2.24, 2.45) is 11.8 Å². The summed E-state index contributed by atoms with van der Waals surface area (Å²) in [6, 6.07) is 14.5. The number of nitrogens with one attached hydrogen (secondary N) is 1. The van der Waals surface area contributed by atoms with Crippen LogP contribution >= 0.6 is 0 Å². The fraction of sp³-hybridized carbons (Fsp3) is 0.375. The van der Waals surface area contributed by atoms with Crippen LogP contribution in [0.25, 0.3) is 0 Å². The van der Waals surface area contributed by atoms with Crippen molar-refractivity contribution in [3.05, 3.63) is 65.2 Å². The van der Waals surface area contributed by atoms with E-state index in [-0.39, 0.29) is 18.4 Å². The number of esters is 1. The number of nitrogens with zero attached hydrogens (tertiary/aromatic N) is 1. The summed E-state index contributed by atoms with van der Waals surface area (Å²) < 4.78 is 5.31. The van der Waals surface area contributed by atoms with E-state index in [0.29, 0.717) is 5.69 Å². The number of ether oxygens (including phenoxy) is 1. The van der Waals surface area contributed by atoms with Crippen molar-refractivity contribution in [1.82, 2.24) is 5.32 Å². The molecule has 0 bridgehead atoms. The number of carbonyl (C=O) groups is 3. The maximum atomic E-state index is 13.6. The lowest BCUT2D eigenvalue weighted by molar-refractivity contribution is -0.153. The Morgan fingerprint density at radius 3 is 2.37 bits per heavy atom. The first-order valence-corrected chi connectivity index (χ1v) is 10.2. The molecule has 6 heteroatoms. The number of anilines is 1. The van der Waals surface area contributed by atoms with Gasteiger partial charge in [-0.3, -0.25) is 19.7 Å². The van der Waals surface area contributed by atoms with E-state index in [9.17, 15) is 14.4 Å². The highest BCUT2D eigenvalue weighted by molar-refractivity contribution is 6.24. The van der Waals surface area contributed by atoms with Crippen molar-refractivity contribution < 1.29 is 19.1 Å². The molecular formula is C24H26N2O4. The van der Waals surface area contributed by atoms with Crippen LogP contribution in [0.3, 0.4) is 0 Å². The van der Waals surface area contributed by atoms with Gasteiger partial charge in [-0.25, -0.2) is 4.90 Å². The molecule has 6 nitrogen and oxygen atoms in total. The van der Waals surface area contributed by atoms with E-state index < -0.39 is 29.4 Å². The topological polar surface area (TPSA) is 75.7 Å². The fourth-order valence-electron chi connectivity index (χ4n) is 4.76. The number of aryl methyl sites for hydroxylation is 2. The Morgan fingerprint density at radius 2 is 1.73 bits per heavy atom. The molecule has 30 heavy (non-hydrogen) atoms. The van der Waals surface area contributed by atoms with Crippen LogP contribution in [-0.2, 0) is 19.1 Å². The standard InChI is InChI=1S/C24H26N2O4/c1-5-30-23(29)24(4)19-18(20(25-24)17-9-7-6-8-15(17)3)21(27)26(22(19)28)16-12-10-14(2)11-13-16/h6-13,18-20,25H,5H2,1-4H3. The molecule has 2 aliphatic rings. The van der Waals surface area contributed by atoms with Crippen molar-refractivity contribution in [1.29, 1.82) is 0 Å². The molecule has 156 valence electrons. The average molecular weight is 406 g/mol. The zero-order valence-electron chi connectivity index (χ0n) is 17.6. The third-order valence-corrected chi connectivity index (χ3v) is 6.30. The second kappa shape index (κ2) is 7.36. The molecule has 2 aliphatic heterocycles. The number of rotatable bonds is 4. The molecular weight excluding hydrogens is 380 g/mol. The summed E-state index contributed by atoms with van der Waals surface area (Å²) >= 11 is 0. The lowest BCUT2D eigenvalue weighted by Gasteiger charge is -2.29. The van der Waals surface area contributed by atoms with Crippen LogP contribution in [0, 0.1) is 25.7 Å². The lowest BCUT2D eigenvalue weighted by atomic mass is 9.80. The first-order chi connectivity index (χ1) is 14.3. The van der Waals surface area contributed by atoms with Gasteiger partial charge in [0.2, 0.25) is 11.8 Å². The highest BCUT2D eigenvalue weighted by Crippen LogP contribution is 2.50. The number of hydrogen-bond donors (Lipinski definition) is 1. The Labute approximate surface area is 176 Å². The third-order valence-electron chi connectivity index (χ3n) is 6.30. The van der Waals surface area contributed by atoms with Crippen LogP contribution in [0.2, 0.25) is 0 Å². The lowest BCUT2D eigenvalue weighted by Crippen LogP contribution is -2.54. The Bertz CT molecular complexity index is 1020. The van der Waals surface area contributed by atoms with Gasteiger partial charge in [0.25, 0.3) is 0 Å². The monoisotopic (exact) mass is 406 g/mol. The highest BCUT2D eigenvalue weighted by atomic mass is 16.5. The number of imide groups is 1. The van der Waals surface area contributed by atoms with Crippen LogP contribution in [0.1, 0.15) is 36.6 Å². The summed E-state index contributed by atoms with van der Waals surface area (Å²) in [5.74, 6) is -2.69. The predicted molar refractivity (Wildman–Crippen MR) is 113 cm³/mol. The summed E-state index contributed by atoms with van der Waals surface area (Å²) in [5.41, 5.74) is 2.18. The third kappa shape index (κ3) is 2.94. The van der Waals surface area contributed by atoms with Crippen LogP contribution in [0.4, 0.5) is 5.69 Å². The van der Waals surface area contributed by atoms with Crippen molar-refractivity contribution in [3.63, 3.8) is 0 Å². The molecule has 0 spiro atoms. The molecule has 4 rings (SSSR count). The second-order valence-electron chi connectivity index (χ2n) is 8.25. The van der Waals surface area contributed by atoms with Crippen molar-refractivity contribution in [3.8, 4) is 0 Å². The summed E-state index contributed by atoms with van der Waals surface area (Å²) in [6.07, 6.45) is 0. The zero-order valence-corrected chi connectivity index (χ0v) is 17.6. The first-order valence-electron chi connectivity index (χ1n) is 10.2. The van der Waals surface area contributed by atoms with E-state index in [1.807, 2.05) is 50.2 Å². The normalized spacial score (nSPS) is 28.0. The zero-order chi connectivity index (χ0) is 21.6. The van der Waals surface area contributed by atoms with Crippen LogP contribution in [-0.4, -0.2) is 29.9 Å². The van der Waals surface area contributed by atoms with Gasteiger partial charge in [0, 0.05) is 6.04 Å². The minimum absolute atomic E-state index is 0.201. The molecule has 2 aromatic rings. The molecule has 2 amide bonds. The molecule has 2 heterocycles. The Balaban J connectivity index is 1.83. The van der Waals surface area contributed by atoms with E-state index in [2.05, 4.69) is 5.32 Å². The van der Waals surface area contributed by atoms with E-state index in [1.165, 1.54) is 4.90 Å². The van der Waals surface area contributed by atoms with Gasteiger partial charge in [0.15, 0.2) is 0 Å². The highest BCUT2D eigenvalue weighted by Gasteiger charge is 2.67. The van der Waals surface area contributed by atoms with Gasteiger partial charge < -0.3 is 4.74 Å². The van der Waals surface area contributed by atoms with E-state index >= 15 is 0 Å². The minimum Gasteiger partial charge on any atom is -0.465 e. The first kappa shape index (κ1) is 20.3. The molecule has 0 aromatic heterocycles. The van der Waals surface area contributed by atoms with Crippen LogP contribution in [0.5, 0.6) is 0 Å². The average Bonchev–Trinajstić information content (AvgIpc) is 3.17. The minimum atomic E-state index is -1.29. The van der Waals surface area contributed by atoms with Gasteiger partial charge in [-0.15, -0.1) is 0 Å². The van der Waals surface area contributed by atoms with E-state index in [4.69, 9.17) is 4.74 Å². The van der Waals surface area contributed by atoms with Crippen molar-refractivity contribution in [2.45, 2.75) is 39.3 Å². The number of hydrogen-bond acceptors (Lipinski definition) is 5. The second-order valence-corrected chi connectivity index (χ2v) is 8.25. The number of carbonyl (C=O) groups excluding carboxylic acids is 3.